The highest BCUT2D eigenvalue weighted by Crippen LogP contribution is 2.23. The van der Waals surface area contributed by atoms with Gasteiger partial charge in [0, 0.05) is 11.1 Å². The van der Waals surface area contributed by atoms with Crippen molar-refractivity contribution in [3.8, 4) is 16.9 Å². The third-order valence-electron chi connectivity index (χ3n) is 3.04. The summed E-state index contributed by atoms with van der Waals surface area (Å²) in [5.74, 6) is 0.0873. The summed E-state index contributed by atoms with van der Waals surface area (Å²) < 4.78 is 5.13. The fourth-order valence-corrected chi connectivity index (χ4v) is 1.81. The Morgan fingerprint density at radius 2 is 1.33 bits per heavy atom. The van der Waals surface area contributed by atoms with E-state index in [-0.39, 0.29) is 5.78 Å². The molecule has 2 rings (SSSR count). The maximum atomic E-state index is 11.4. The molecule has 0 saturated heterocycles. The minimum absolute atomic E-state index is 0.0450. The molecule has 0 saturated carbocycles. The molecule has 106 valence electrons. The maximum Gasteiger partial charge on any atom is 0.338 e. The van der Waals surface area contributed by atoms with Gasteiger partial charge in [0.1, 0.15) is 5.75 Å². The van der Waals surface area contributed by atoms with Crippen molar-refractivity contribution < 1.29 is 14.3 Å². The van der Waals surface area contributed by atoms with Crippen LogP contribution >= 0.6 is 0 Å². The Balaban J connectivity index is 2.16. The molecule has 0 aliphatic rings. The van der Waals surface area contributed by atoms with Gasteiger partial charge in [0.05, 0.1) is 0 Å². The summed E-state index contributed by atoms with van der Waals surface area (Å²) in [4.78, 5) is 22.7. The minimum Gasteiger partial charge on any atom is -0.423 e. The number of rotatable bonds is 4. The molecule has 0 fully saturated rings. The van der Waals surface area contributed by atoms with Crippen molar-refractivity contribution in [1.82, 2.24) is 0 Å². The fraction of sp³-hybridized carbons (Fsp3) is 0.111. The second-order valence-corrected chi connectivity index (χ2v) is 4.83. The molecule has 21 heavy (non-hydrogen) atoms. The SMILES string of the molecule is C=C(C)C(=O)Oc1ccc(-c2ccc(C(C)=O)cc2)cc1. The molecule has 0 aliphatic heterocycles. The molecule has 0 radical (unpaired) electrons. The predicted molar refractivity (Wildman–Crippen MR) is 82.3 cm³/mol. The fourth-order valence-electron chi connectivity index (χ4n) is 1.81. The van der Waals surface area contributed by atoms with Crippen molar-refractivity contribution in [2.75, 3.05) is 0 Å². The van der Waals surface area contributed by atoms with Crippen LogP contribution in [0.2, 0.25) is 0 Å². The molecular weight excluding hydrogens is 264 g/mol. The van der Waals surface area contributed by atoms with Crippen molar-refractivity contribution in [3.63, 3.8) is 0 Å². The first-order valence-corrected chi connectivity index (χ1v) is 6.56. The van der Waals surface area contributed by atoms with Crippen LogP contribution in [0.25, 0.3) is 11.1 Å². The molecule has 0 heterocycles. The first-order valence-electron chi connectivity index (χ1n) is 6.56. The quantitative estimate of drug-likeness (QED) is 0.367. The van der Waals surface area contributed by atoms with Crippen LogP contribution in [0.15, 0.2) is 60.7 Å². The van der Waals surface area contributed by atoms with Crippen LogP contribution < -0.4 is 4.74 Å². The Kier molecular flexibility index (Phi) is 4.33. The Bertz CT molecular complexity index is 679. The van der Waals surface area contributed by atoms with Gasteiger partial charge in [-0.15, -0.1) is 0 Å². The maximum absolute atomic E-state index is 11.4. The zero-order valence-corrected chi connectivity index (χ0v) is 12.1. The topological polar surface area (TPSA) is 43.4 Å². The number of hydrogen-bond donors (Lipinski definition) is 0. The van der Waals surface area contributed by atoms with Gasteiger partial charge >= 0.3 is 5.97 Å². The largest absolute Gasteiger partial charge is 0.423 e. The molecule has 0 atom stereocenters. The second-order valence-electron chi connectivity index (χ2n) is 4.83. The first-order chi connectivity index (χ1) is 9.97. The van der Waals surface area contributed by atoms with Gasteiger partial charge in [-0.05, 0) is 37.1 Å². The Morgan fingerprint density at radius 3 is 1.76 bits per heavy atom. The van der Waals surface area contributed by atoms with Crippen molar-refractivity contribution in [2.45, 2.75) is 13.8 Å². The van der Waals surface area contributed by atoms with Gasteiger partial charge < -0.3 is 4.74 Å². The van der Waals surface area contributed by atoms with Crippen molar-refractivity contribution in [2.24, 2.45) is 0 Å². The number of esters is 1. The highest BCUT2D eigenvalue weighted by Gasteiger charge is 2.06. The molecule has 0 N–H and O–H groups in total. The van der Waals surface area contributed by atoms with Crippen LogP contribution in [0, 0.1) is 0 Å². The molecule has 2 aromatic rings. The van der Waals surface area contributed by atoms with Gasteiger partial charge in [-0.25, -0.2) is 4.79 Å². The van der Waals surface area contributed by atoms with E-state index in [1.54, 1.807) is 38.1 Å². The van der Waals surface area contributed by atoms with Gasteiger partial charge in [0.2, 0.25) is 0 Å². The zero-order chi connectivity index (χ0) is 15.4. The van der Waals surface area contributed by atoms with E-state index in [1.807, 2.05) is 24.3 Å². The molecule has 0 unspecified atom stereocenters. The predicted octanol–water partition coefficient (Wildman–Crippen LogP) is 4.04. The minimum atomic E-state index is -0.437. The van der Waals surface area contributed by atoms with Crippen LogP contribution in [-0.4, -0.2) is 11.8 Å². The Hall–Kier alpha value is -2.68. The lowest BCUT2D eigenvalue weighted by Crippen LogP contribution is -2.07. The molecular formula is C18H16O3. The monoisotopic (exact) mass is 280 g/mol. The van der Waals surface area contributed by atoms with E-state index in [2.05, 4.69) is 6.58 Å². The first kappa shape index (κ1) is 14.7. The van der Waals surface area contributed by atoms with Gasteiger partial charge in [0.15, 0.2) is 5.78 Å². The summed E-state index contributed by atoms with van der Waals surface area (Å²) in [6.07, 6.45) is 0. The molecule has 3 nitrogen and oxygen atoms in total. The van der Waals surface area contributed by atoms with Gasteiger partial charge in [-0.2, -0.15) is 0 Å². The van der Waals surface area contributed by atoms with E-state index >= 15 is 0 Å². The number of ether oxygens (including phenoxy) is 1. The van der Waals surface area contributed by atoms with E-state index in [0.717, 1.165) is 11.1 Å². The number of Topliss-reactive ketones (excluding diaryl/α,β-unsaturated/α-hetero) is 1. The number of carbonyl (C=O) groups is 2. The van der Waals surface area contributed by atoms with Gasteiger partial charge in [-0.1, -0.05) is 43.0 Å². The number of benzene rings is 2. The Labute approximate surface area is 123 Å². The second kappa shape index (κ2) is 6.18. The standard InChI is InChI=1S/C18H16O3/c1-12(2)18(20)21-17-10-8-16(9-11-17)15-6-4-14(5-7-15)13(3)19/h4-11H,1H2,2-3H3. The number of ketones is 1. The van der Waals surface area contributed by atoms with E-state index in [4.69, 9.17) is 4.74 Å². The normalized spacial score (nSPS) is 10.0. The molecule has 0 spiro atoms. The van der Waals surface area contributed by atoms with Crippen molar-refractivity contribution in [3.05, 3.63) is 66.2 Å². The average Bonchev–Trinajstić information content (AvgIpc) is 2.48. The third-order valence-corrected chi connectivity index (χ3v) is 3.04. The molecule has 2 aromatic carbocycles. The van der Waals surface area contributed by atoms with Crippen molar-refractivity contribution >= 4 is 11.8 Å². The zero-order valence-electron chi connectivity index (χ0n) is 12.1. The molecule has 0 bridgehead atoms. The Morgan fingerprint density at radius 1 is 0.857 bits per heavy atom. The van der Waals surface area contributed by atoms with E-state index in [1.165, 1.54) is 0 Å². The summed E-state index contributed by atoms with van der Waals surface area (Å²) in [7, 11) is 0. The summed E-state index contributed by atoms with van der Waals surface area (Å²) in [6, 6.07) is 14.6. The number of hydrogen-bond acceptors (Lipinski definition) is 3. The lowest BCUT2D eigenvalue weighted by molar-refractivity contribution is -0.130. The molecule has 0 amide bonds. The highest BCUT2D eigenvalue weighted by atomic mass is 16.5. The number of carbonyl (C=O) groups excluding carboxylic acids is 2. The summed E-state index contributed by atoms with van der Waals surface area (Å²) in [6.45, 7) is 6.68. The van der Waals surface area contributed by atoms with Gasteiger partial charge in [-0.3, -0.25) is 4.79 Å². The van der Waals surface area contributed by atoms with E-state index in [9.17, 15) is 9.59 Å². The average molecular weight is 280 g/mol. The summed E-state index contributed by atoms with van der Waals surface area (Å²) >= 11 is 0. The van der Waals surface area contributed by atoms with Gasteiger partial charge in [0.25, 0.3) is 0 Å². The third kappa shape index (κ3) is 3.66. The van der Waals surface area contributed by atoms with Crippen molar-refractivity contribution in [1.29, 1.82) is 0 Å². The highest BCUT2D eigenvalue weighted by molar-refractivity contribution is 5.94. The molecule has 0 aromatic heterocycles. The summed E-state index contributed by atoms with van der Waals surface area (Å²) in [5.41, 5.74) is 3.03. The smallest absolute Gasteiger partial charge is 0.338 e. The van der Waals surface area contributed by atoms with E-state index in [0.29, 0.717) is 16.9 Å². The van der Waals surface area contributed by atoms with Crippen LogP contribution in [-0.2, 0) is 4.79 Å². The van der Waals surface area contributed by atoms with Crippen LogP contribution in [0.5, 0.6) is 5.75 Å². The molecule has 3 heteroatoms. The van der Waals surface area contributed by atoms with Crippen LogP contribution in [0.4, 0.5) is 0 Å². The summed E-state index contributed by atoms with van der Waals surface area (Å²) in [5, 5.41) is 0. The van der Waals surface area contributed by atoms with E-state index < -0.39 is 5.97 Å². The van der Waals surface area contributed by atoms with Crippen LogP contribution in [0.1, 0.15) is 24.2 Å². The van der Waals surface area contributed by atoms with Crippen LogP contribution in [0.3, 0.4) is 0 Å². The lowest BCUT2D eigenvalue weighted by atomic mass is 10.0. The molecule has 0 aliphatic carbocycles. The lowest BCUT2D eigenvalue weighted by Gasteiger charge is -2.06.